The molecule has 1 aliphatic heterocycles. The number of rotatable bonds is 5. The van der Waals surface area contributed by atoms with E-state index in [4.69, 9.17) is 14.5 Å². The van der Waals surface area contributed by atoms with Crippen molar-refractivity contribution in [2.75, 3.05) is 7.11 Å². The van der Waals surface area contributed by atoms with Crippen LogP contribution >= 0.6 is 0 Å². The number of ether oxygens (including phenoxy) is 2. The Balaban J connectivity index is 1.56. The van der Waals surface area contributed by atoms with Crippen molar-refractivity contribution in [1.82, 2.24) is 0 Å². The quantitative estimate of drug-likeness (QED) is 0.487. The maximum absolute atomic E-state index is 13.5. The van der Waals surface area contributed by atoms with Gasteiger partial charge in [-0.1, -0.05) is 64.1 Å². The second-order valence-electron chi connectivity index (χ2n) is 12.0. The van der Waals surface area contributed by atoms with E-state index in [9.17, 15) is 9.59 Å². The number of hydrogen-bond acceptors (Lipinski definition) is 5. The van der Waals surface area contributed by atoms with Crippen molar-refractivity contribution in [3.05, 3.63) is 70.9 Å². The molecule has 0 amide bonds. The fraction of sp³-hybridized carbons (Fsp3) is 0.452. The molecule has 2 atom stereocenters. The predicted octanol–water partition coefficient (Wildman–Crippen LogP) is 6.46. The second-order valence-corrected chi connectivity index (χ2v) is 12.0. The monoisotopic (exact) mass is 485 g/mol. The van der Waals surface area contributed by atoms with Crippen molar-refractivity contribution >= 4 is 17.3 Å². The van der Waals surface area contributed by atoms with Gasteiger partial charge in [-0.25, -0.2) is 0 Å². The molecule has 3 aliphatic rings. The fourth-order valence-electron chi connectivity index (χ4n) is 6.10. The van der Waals surface area contributed by atoms with Crippen LogP contribution in [-0.4, -0.2) is 24.4 Å². The summed E-state index contributed by atoms with van der Waals surface area (Å²) in [4.78, 5) is 32.1. The Kier molecular flexibility index (Phi) is 6.14. The summed E-state index contributed by atoms with van der Waals surface area (Å²) in [6, 6.07) is 15.8. The molecule has 0 aromatic heterocycles. The van der Waals surface area contributed by atoms with E-state index in [2.05, 4.69) is 27.7 Å². The molecule has 0 N–H and O–H groups in total. The van der Waals surface area contributed by atoms with Crippen molar-refractivity contribution in [1.29, 1.82) is 0 Å². The Bertz CT molecular complexity index is 1270. The highest BCUT2D eigenvalue weighted by atomic mass is 16.5. The summed E-state index contributed by atoms with van der Waals surface area (Å²) < 4.78 is 11.8. The topological polar surface area (TPSA) is 65.0 Å². The number of nitrogens with zero attached hydrogens (tertiary/aromatic N) is 1. The number of benzene rings is 2. The maximum Gasteiger partial charge on any atom is 0.161 e. The fourth-order valence-corrected chi connectivity index (χ4v) is 6.10. The van der Waals surface area contributed by atoms with Crippen LogP contribution in [0.1, 0.15) is 70.4 Å². The van der Waals surface area contributed by atoms with Crippen LogP contribution in [0.15, 0.2) is 64.8 Å². The van der Waals surface area contributed by atoms with E-state index in [0.29, 0.717) is 30.9 Å². The summed E-state index contributed by atoms with van der Waals surface area (Å²) in [6.07, 6.45) is 2.46. The van der Waals surface area contributed by atoms with Crippen LogP contribution in [0.25, 0.3) is 0 Å². The standard InChI is InChI=1S/C31H35NO4/c1-30(2)14-21-28(23(33)16-30)27(29-22(32-21)15-31(3,4)17-24(29)34)20-11-12-25(26(13-20)35-5)36-18-19-9-7-6-8-10-19/h6-13,27-28H,14-18H2,1-5H3/t27-,28?/m0/s1. The van der Waals surface area contributed by atoms with Crippen LogP contribution in [0.4, 0.5) is 0 Å². The molecule has 5 nitrogen and oxygen atoms in total. The summed E-state index contributed by atoms with van der Waals surface area (Å²) in [7, 11) is 1.62. The number of methoxy groups -OCH3 is 1. The average Bonchev–Trinajstić information content (AvgIpc) is 2.80. The summed E-state index contributed by atoms with van der Waals surface area (Å²) in [6.45, 7) is 8.91. The SMILES string of the molecule is COc1cc([C@@H]2C3=C(CC(C)(C)CC3=O)N=C3CC(C)(C)CC(=O)C32)ccc1OCc1ccccc1. The normalized spacial score (nSPS) is 24.5. The van der Waals surface area contributed by atoms with Crippen LogP contribution in [-0.2, 0) is 16.2 Å². The van der Waals surface area contributed by atoms with E-state index in [0.717, 1.165) is 41.0 Å². The molecule has 0 saturated heterocycles. The average molecular weight is 486 g/mol. The van der Waals surface area contributed by atoms with Gasteiger partial charge in [-0.2, -0.15) is 0 Å². The van der Waals surface area contributed by atoms with Gasteiger partial charge in [0.05, 0.1) is 13.0 Å². The third-order valence-corrected chi connectivity index (χ3v) is 7.62. The lowest BCUT2D eigenvalue weighted by molar-refractivity contribution is -0.124. The van der Waals surface area contributed by atoms with Gasteiger partial charge in [-0.05, 0) is 46.9 Å². The highest BCUT2D eigenvalue weighted by molar-refractivity contribution is 6.13. The maximum atomic E-state index is 13.5. The van der Waals surface area contributed by atoms with E-state index in [1.165, 1.54) is 0 Å². The van der Waals surface area contributed by atoms with Crippen LogP contribution < -0.4 is 9.47 Å². The number of allylic oxidation sites excluding steroid dienone is 2. The molecule has 0 spiro atoms. The number of carbonyl (C=O) groups is 2. The second kappa shape index (κ2) is 9.02. The zero-order chi connectivity index (χ0) is 25.7. The highest BCUT2D eigenvalue weighted by Crippen LogP contribution is 2.52. The largest absolute Gasteiger partial charge is 0.493 e. The van der Waals surface area contributed by atoms with Gasteiger partial charge in [0.25, 0.3) is 0 Å². The highest BCUT2D eigenvalue weighted by Gasteiger charge is 2.49. The molecule has 1 heterocycles. The molecule has 1 unspecified atom stereocenters. The Morgan fingerprint density at radius 3 is 2.31 bits per heavy atom. The first kappa shape index (κ1) is 24.5. The summed E-state index contributed by atoms with van der Waals surface area (Å²) in [5.74, 6) is 0.773. The molecule has 0 radical (unpaired) electrons. The number of Topliss-reactive ketones (excluding diaryl/α,β-unsaturated/α-hetero) is 2. The molecule has 5 rings (SSSR count). The lowest BCUT2D eigenvalue weighted by Crippen LogP contribution is -2.45. The zero-order valence-corrected chi connectivity index (χ0v) is 21.9. The van der Waals surface area contributed by atoms with Gasteiger partial charge in [-0.15, -0.1) is 0 Å². The molecule has 36 heavy (non-hydrogen) atoms. The summed E-state index contributed by atoms with van der Waals surface area (Å²) in [5.41, 5.74) is 4.21. The van der Waals surface area contributed by atoms with Gasteiger partial charge >= 0.3 is 0 Å². The number of fused-ring (bicyclic) bond motifs is 1. The molecular weight excluding hydrogens is 450 g/mol. The van der Waals surface area contributed by atoms with E-state index >= 15 is 0 Å². The van der Waals surface area contributed by atoms with E-state index in [1.807, 2.05) is 48.5 Å². The van der Waals surface area contributed by atoms with Crippen molar-refractivity contribution in [2.24, 2.45) is 21.7 Å². The van der Waals surface area contributed by atoms with Gasteiger partial charge in [0, 0.05) is 35.7 Å². The minimum absolute atomic E-state index is 0.107. The Hall–Kier alpha value is -3.21. The third kappa shape index (κ3) is 4.63. The molecule has 2 aromatic rings. The lowest BCUT2D eigenvalue weighted by Gasteiger charge is -2.44. The number of hydrogen-bond donors (Lipinski definition) is 0. The van der Waals surface area contributed by atoms with Crippen molar-refractivity contribution in [3.63, 3.8) is 0 Å². The number of carbonyl (C=O) groups excluding carboxylic acids is 2. The number of ketones is 2. The smallest absolute Gasteiger partial charge is 0.161 e. The summed E-state index contributed by atoms with van der Waals surface area (Å²) in [5, 5.41) is 0. The lowest BCUT2D eigenvalue weighted by atomic mass is 9.60. The van der Waals surface area contributed by atoms with Crippen LogP contribution in [0.5, 0.6) is 11.5 Å². The van der Waals surface area contributed by atoms with Crippen molar-refractivity contribution in [3.8, 4) is 11.5 Å². The molecule has 0 bridgehead atoms. The van der Waals surface area contributed by atoms with E-state index < -0.39 is 5.92 Å². The summed E-state index contributed by atoms with van der Waals surface area (Å²) >= 11 is 0. The zero-order valence-electron chi connectivity index (χ0n) is 21.9. The molecule has 2 aromatic carbocycles. The number of aliphatic imine (C=N–C) groups is 1. The van der Waals surface area contributed by atoms with Gasteiger partial charge in [0.2, 0.25) is 0 Å². The van der Waals surface area contributed by atoms with Gasteiger partial charge in [0.15, 0.2) is 17.3 Å². The van der Waals surface area contributed by atoms with Crippen LogP contribution in [0.3, 0.4) is 0 Å². The predicted molar refractivity (Wildman–Crippen MR) is 141 cm³/mol. The minimum atomic E-state index is -0.400. The molecular formula is C31H35NO4. The van der Waals surface area contributed by atoms with Crippen LogP contribution in [0.2, 0.25) is 0 Å². The van der Waals surface area contributed by atoms with Crippen molar-refractivity contribution < 1.29 is 19.1 Å². The Labute approximate surface area is 213 Å². The van der Waals surface area contributed by atoms with Crippen LogP contribution in [0, 0.1) is 16.7 Å². The van der Waals surface area contributed by atoms with E-state index in [1.54, 1.807) is 7.11 Å². The van der Waals surface area contributed by atoms with Gasteiger partial charge < -0.3 is 9.47 Å². The molecule has 5 heteroatoms. The van der Waals surface area contributed by atoms with Gasteiger partial charge in [0.1, 0.15) is 12.4 Å². The Morgan fingerprint density at radius 1 is 0.861 bits per heavy atom. The first-order valence-corrected chi connectivity index (χ1v) is 12.8. The van der Waals surface area contributed by atoms with Gasteiger partial charge in [-0.3, -0.25) is 14.6 Å². The molecule has 188 valence electrons. The van der Waals surface area contributed by atoms with E-state index in [-0.39, 0.29) is 28.3 Å². The minimum Gasteiger partial charge on any atom is -0.493 e. The first-order chi connectivity index (χ1) is 17.1. The Morgan fingerprint density at radius 2 is 1.58 bits per heavy atom. The van der Waals surface area contributed by atoms with Crippen molar-refractivity contribution in [2.45, 2.75) is 65.9 Å². The first-order valence-electron chi connectivity index (χ1n) is 12.8. The molecule has 1 saturated carbocycles. The molecule has 1 fully saturated rings. The third-order valence-electron chi connectivity index (χ3n) is 7.62. The molecule has 2 aliphatic carbocycles.